The van der Waals surface area contributed by atoms with Crippen LogP contribution >= 0.6 is 0 Å². The molecule has 0 saturated heterocycles. The third-order valence-electron chi connectivity index (χ3n) is 2.70. The van der Waals surface area contributed by atoms with E-state index in [2.05, 4.69) is 5.32 Å². The summed E-state index contributed by atoms with van der Waals surface area (Å²) in [7, 11) is 0. The quantitative estimate of drug-likeness (QED) is 0.909. The lowest BCUT2D eigenvalue weighted by atomic mass is 10.1. The Bertz CT molecular complexity index is 625. The van der Waals surface area contributed by atoms with E-state index in [4.69, 9.17) is 5.26 Å². The van der Waals surface area contributed by atoms with Gasteiger partial charge in [-0.05, 0) is 48.9 Å². The first-order valence-electron chi connectivity index (χ1n) is 5.78. The van der Waals surface area contributed by atoms with Crippen molar-refractivity contribution >= 4 is 5.69 Å². The monoisotopic (exact) mass is 258 g/mol. The molecular weight excluding hydrogens is 246 g/mol. The number of aryl methyl sites for hydroxylation is 1. The summed E-state index contributed by atoms with van der Waals surface area (Å²) in [5, 5.41) is 11.7. The second kappa shape index (κ2) is 5.49. The number of hydrogen-bond acceptors (Lipinski definition) is 2. The highest BCUT2D eigenvalue weighted by Crippen LogP contribution is 2.16. The molecule has 0 fully saturated rings. The van der Waals surface area contributed by atoms with Crippen LogP contribution in [0.4, 0.5) is 14.5 Å². The van der Waals surface area contributed by atoms with Gasteiger partial charge in [0.15, 0.2) is 0 Å². The summed E-state index contributed by atoms with van der Waals surface area (Å²) < 4.78 is 26.7. The zero-order valence-electron chi connectivity index (χ0n) is 10.4. The standard InChI is InChI=1S/C15H12F2N2/c1-10-4-13(16)7-14(5-10)19-9-12-6-11(8-18)2-3-15(12)17/h2-7,19H,9H2,1H3. The summed E-state index contributed by atoms with van der Waals surface area (Å²) in [5.41, 5.74) is 2.14. The molecule has 0 bridgehead atoms. The number of nitriles is 1. The second-order valence-electron chi connectivity index (χ2n) is 4.29. The number of halogens is 2. The molecule has 0 aliphatic carbocycles. The van der Waals surface area contributed by atoms with E-state index in [1.807, 2.05) is 6.07 Å². The molecular formula is C15H12F2N2. The normalized spacial score (nSPS) is 10.0. The Kier molecular flexibility index (Phi) is 3.76. The van der Waals surface area contributed by atoms with Crippen molar-refractivity contribution in [1.29, 1.82) is 5.26 Å². The van der Waals surface area contributed by atoms with Crippen molar-refractivity contribution in [1.82, 2.24) is 0 Å². The average Bonchev–Trinajstić information content (AvgIpc) is 2.37. The largest absolute Gasteiger partial charge is 0.381 e. The lowest BCUT2D eigenvalue weighted by Gasteiger charge is -2.09. The number of nitrogens with one attached hydrogen (secondary N) is 1. The van der Waals surface area contributed by atoms with Crippen LogP contribution in [0.2, 0.25) is 0 Å². The van der Waals surface area contributed by atoms with Crippen LogP contribution < -0.4 is 5.32 Å². The molecule has 0 atom stereocenters. The molecule has 0 aliphatic heterocycles. The Morgan fingerprint density at radius 1 is 1.16 bits per heavy atom. The van der Waals surface area contributed by atoms with Crippen LogP contribution in [0.1, 0.15) is 16.7 Å². The average molecular weight is 258 g/mol. The molecule has 0 amide bonds. The fraction of sp³-hybridized carbons (Fsp3) is 0.133. The van der Waals surface area contributed by atoms with Gasteiger partial charge in [0.2, 0.25) is 0 Å². The van der Waals surface area contributed by atoms with Crippen molar-refractivity contribution in [2.75, 3.05) is 5.32 Å². The molecule has 0 radical (unpaired) electrons. The van der Waals surface area contributed by atoms with E-state index in [1.165, 1.54) is 30.3 Å². The van der Waals surface area contributed by atoms with Gasteiger partial charge in [-0.25, -0.2) is 8.78 Å². The first kappa shape index (κ1) is 13.0. The Hall–Kier alpha value is -2.41. The fourth-order valence-corrected chi connectivity index (χ4v) is 1.82. The maximum absolute atomic E-state index is 13.5. The summed E-state index contributed by atoms with van der Waals surface area (Å²) >= 11 is 0. The molecule has 1 N–H and O–H groups in total. The van der Waals surface area contributed by atoms with Gasteiger partial charge in [0.25, 0.3) is 0 Å². The summed E-state index contributed by atoms with van der Waals surface area (Å²) in [5.74, 6) is -0.728. The van der Waals surface area contributed by atoms with E-state index in [0.717, 1.165) is 5.56 Å². The molecule has 96 valence electrons. The van der Waals surface area contributed by atoms with Crippen LogP contribution in [0.5, 0.6) is 0 Å². The minimum atomic E-state index is -0.389. The molecule has 0 aliphatic rings. The number of anilines is 1. The summed E-state index contributed by atoms with van der Waals surface area (Å²) in [6.07, 6.45) is 0. The van der Waals surface area contributed by atoms with Gasteiger partial charge < -0.3 is 5.32 Å². The highest BCUT2D eigenvalue weighted by Gasteiger charge is 2.04. The van der Waals surface area contributed by atoms with Crippen molar-refractivity contribution in [3.63, 3.8) is 0 Å². The van der Waals surface area contributed by atoms with E-state index in [9.17, 15) is 8.78 Å². The van der Waals surface area contributed by atoms with Crippen LogP contribution in [-0.4, -0.2) is 0 Å². The molecule has 2 rings (SSSR count). The van der Waals surface area contributed by atoms with Crippen molar-refractivity contribution in [3.05, 3.63) is 64.7 Å². The van der Waals surface area contributed by atoms with E-state index in [-0.39, 0.29) is 18.2 Å². The van der Waals surface area contributed by atoms with Crippen molar-refractivity contribution < 1.29 is 8.78 Å². The SMILES string of the molecule is Cc1cc(F)cc(NCc2cc(C#N)ccc2F)c1. The second-order valence-corrected chi connectivity index (χ2v) is 4.29. The third kappa shape index (κ3) is 3.29. The fourth-order valence-electron chi connectivity index (χ4n) is 1.82. The predicted octanol–water partition coefficient (Wildman–Crippen LogP) is 3.76. The molecule has 2 aromatic rings. The van der Waals surface area contributed by atoms with Gasteiger partial charge in [0, 0.05) is 17.8 Å². The first-order valence-corrected chi connectivity index (χ1v) is 5.78. The van der Waals surface area contributed by atoms with Gasteiger partial charge in [-0.2, -0.15) is 5.26 Å². The van der Waals surface area contributed by atoms with Gasteiger partial charge in [0.05, 0.1) is 11.6 Å². The number of benzene rings is 2. The van der Waals surface area contributed by atoms with Crippen molar-refractivity contribution in [2.45, 2.75) is 13.5 Å². The van der Waals surface area contributed by atoms with Gasteiger partial charge in [-0.1, -0.05) is 0 Å². The molecule has 0 aromatic heterocycles. The van der Waals surface area contributed by atoms with Crippen molar-refractivity contribution in [3.8, 4) is 6.07 Å². The maximum Gasteiger partial charge on any atom is 0.128 e. The van der Waals surface area contributed by atoms with Crippen LogP contribution in [-0.2, 0) is 6.54 Å². The van der Waals surface area contributed by atoms with E-state index in [0.29, 0.717) is 16.8 Å². The van der Waals surface area contributed by atoms with Gasteiger partial charge in [0.1, 0.15) is 11.6 Å². The Labute approximate surface area is 110 Å². The van der Waals surface area contributed by atoms with Gasteiger partial charge in [-0.3, -0.25) is 0 Å². The zero-order chi connectivity index (χ0) is 13.8. The molecule has 0 heterocycles. The molecule has 0 spiro atoms. The molecule has 19 heavy (non-hydrogen) atoms. The predicted molar refractivity (Wildman–Crippen MR) is 69.6 cm³/mol. The van der Waals surface area contributed by atoms with Crippen LogP contribution in [0.15, 0.2) is 36.4 Å². The highest BCUT2D eigenvalue weighted by molar-refractivity contribution is 5.47. The number of rotatable bonds is 3. The van der Waals surface area contributed by atoms with Gasteiger partial charge in [-0.15, -0.1) is 0 Å². The molecule has 2 nitrogen and oxygen atoms in total. The van der Waals surface area contributed by atoms with E-state index < -0.39 is 0 Å². The molecule has 2 aromatic carbocycles. The Balaban J connectivity index is 2.16. The minimum Gasteiger partial charge on any atom is -0.381 e. The maximum atomic E-state index is 13.5. The summed E-state index contributed by atoms with van der Waals surface area (Å²) in [4.78, 5) is 0. The van der Waals surface area contributed by atoms with Crippen LogP contribution in [0.25, 0.3) is 0 Å². The summed E-state index contributed by atoms with van der Waals surface area (Å²) in [6.45, 7) is 1.98. The molecule has 4 heteroatoms. The smallest absolute Gasteiger partial charge is 0.128 e. The van der Waals surface area contributed by atoms with Crippen molar-refractivity contribution in [2.24, 2.45) is 0 Å². The van der Waals surface area contributed by atoms with Gasteiger partial charge >= 0.3 is 0 Å². The lowest BCUT2D eigenvalue weighted by molar-refractivity contribution is 0.612. The third-order valence-corrected chi connectivity index (χ3v) is 2.70. The zero-order valence-corrected chi connectivity index (χ0v) is 10.4. The Morgan fingerprint density at radius 3 is 2.63 bits per heavy atom. The molecule has 0 unspecified atom stereocenters. The topological polar surface area (TPSA) is 35.8 Å². The van der Waals surface area contributed by atoms with E-state index >= 15 is 0 Å². The highest BCUT2D eigenvalue weighted by atomic mass is 19.1. The number of nitrogens with zero attached hydrogens (tertiary/aromatic N) is 1. The Morgan fingerprint density at radius 2 is 1.95 bits per heavy atom. The minimum absolute atomic E-state index is 0.199. The van der Waals surface area contributed by atoms with E-state index in [1.54, 1.807) is 13.0 Å². The van der Waals surface area contributed by atoms with Crippen LogP contribution in [0.3, 0.4) is 0 Å². The van der Waals surface area contributed by atoms with Crippen LogP contribution in [0, 0.1) is 29.9 Å². The summed E-state index contributed by atoms with van der Waals surface area (Å²) in [6, 6.07) is 10.7. The lowest BCUT2D eigenvalue weighted by Crippen LogP contribution is -2.03. The number of hydrogen-bond donors (Lipinski definition) is 1. The first-order chi connectivity index (χ1) is 9.08. The molecule has 0 saturated carbocycles.